The molecule has 1 aromatic rings. The van der Waals surface area contributed by atoms with Crippen molar-refractivity contribution in [2.45, 2.75) is 25.7 Å². The van der Waals surface area contributed by atoms with E-state index >= 15 is 0 Å². The van der Waals surface area contributed by atoms with Gasteiger partial charge in [0.25, 0.3) is 5.69 Å². The number of halogens is 1. The van der Waals surface area contributed by atoms with E-state index in [2.05, 4.69) is 5.32 Å². The van der Waals surface area contributed by atoms with Gasteiger partial charge in [-0.05, 0) is 31.4 Å². The highest BCUT2D eigenvalue weighted by Gasteiger charge is 2.30. The second-order valence-electron chi connectivity index (χ2n) is 5.30. The third kappa shape index (κ3) is 3.55. The predicted octanol–water partition coefficient (Wildman–Crippen LogP) is 2.44. The molecule has 1 amide bonds. The molecule has 1 aliphatic rings. The number of nitrogens with two attached hydrogens (primary N) is 1. The molecule has 0 radical (unpaired) electrons. The summed E-state index contributed by atoms with van der Waals surface area (Å²) in [5, 5.41) is 13.1. The highest BCUT2D eigenvalue weighted by molar-refractivity contribution is 5.93. The number of hydrogen-bond acceptors (Lipinski definition) is 4. The maximum absolute atomic E-state index is 13.8. The normalized spacial score (nSPS) is 21.8. The number of carbonyl (C=O) groups excluding carboxylic acids is 1. The van der Waals surface area contributed by atoms with E-state index in [1.54, 1.807) is 0 Å². The average Bonchev–Trinajstić information content (AvgIpc) is 2.48. The molecule has 2 atom stereocenters. The van der Waals surface area contributed by atoms with Crippen LogP contribution in [0.4, 0.5) is 15.8 Å². The van der Waals surface area contributed by atoms with Crippen LogP contribution in [0.5, 0.6) is 0 Å². The number of rotatable bonds is 4. The number of nitro benzene ring substituents is 1. The summed E-state index contributed by atoms with van der Waals surface area (Å²) >= 11 is 0. The highest BCUT2D eigenvalue weighted by atomic mass is 19.1. The second kappa shape index (κ2) is 6.62. The van der Waals surface area contributed by atoms with Gasteiger partial charge in [0.2, 0.25) is 5.91 Å². The van der Waals surface area contributed by atoms with Crippen LogP contribution in [0.25, 0.3) is 0 Å². The number of hydrogen-bond donors (Lipinski definition) is 2. The third-order valence-corrected chi connectivity index (χ3v) is 3.97. The average molecular weight is 295 g/mol. The van der Waals surface area contributed by atoms with E-state index < -0.39 is 10.7 Å². The van der Waals surface area contributed by atoms with E-state index in [9.17, 15) is 19.3 Å². The maximum atomic E-state index is 13.8. The molecule has 1 saturated carbocycles. The molecule has 0 aromatic heterocycles. The quantitative estimate of drug-likeness (QED) is 0.658. The Hall–Kier alpha value is -2.02. The molecule has 0 spiro atoms. The Labute approximate surface area is 121 Å². The number of non-ortho nitro benzene ring substituents is 1. The van der Waals surface area contributed by atoms with Crippen LogP contribution >= 0.6 is 0 Å². The van der Waals surface area contributed by atoms with Crippen LogP contribution in [0, 0.1) is 27.8 Å². The molecule has 21 heavy (non-hydrogen) atoms. The zero-order valence-electron chi connectivity index (χ0n) is 11.5. The summed E-state index contributed by atoms with van der Waals surface area (Å²) in [5.41, 5.74) is 5.30. The van der Waals surface area contributed by atoms with Crippen LogP contribution in [-0.4, -0.2) is 17.4 Å². The van der Waals surface area contributed by atoms with Crippen molar-refractivity contribution in [3.63, 3.8) is 0 Å². The molecule has 1 aromatic carbocycles. The minimum absolute atomic E-state index is 0.0352. The first-order valence-electron chi connectivity index (χ1n) is 6.97. The Morgan fingerprint density at radius 3 is 2.76 bits per heavy atom. The van der Waals surface area contributed by atoms with Crippen molar-refractivity contribution in [3.8, 4) is 0 Å². The summed E-state index contributed by atoms with van der Waals surface area (Å²) in [7, 11) is 0. The first kappa shape index (κ1) is 15.4. The lowest BCUT2D eigenvalue weighted by Crippen LogP contribution is -2.35. The van der Waals surface area contributed by atoms with E-state index in [0.29, 0.717) is 6.54 Å². The summed E-state index contributed by atoms with van der Waals surface area (Å²) in [6, 6.07) is 3.18. The SMILES string of the molecule is NCC1CCCCC1C(=O)Nc1ccc([N+](=O)[O-])cc1F. The fourth-order valence-electron chi connectivity index (χ4n) is 2.78. The number of nitrogens with one attached hydrogen (secondary N) is 1. The first-order valence-corrected chi connectivity index (χ1v) is 6.97. The lowest BCUT2D eigenvalue weighted by molar-refractivity contribution is -0.385. The van der Waals surface area contributed by atoms with E-state index in [-0.39, 0.29) is 29.1 Å². The van der Waals surface area contributed by atoms with Gasteiger partial charge in [0.15, 0.2) is 5.82 Å². The Bertz CT molecular complexity index is 550. The highest BCUT2D eigenvalue weighted by Crippen LogP contribution is 2.31. The van der Waals surface area contributed by atoms with Gasteiger partial charge >= 0.3 is 0 Å². The zero-order valence-corrected chi connectivity index (χ0v) is 11.5. The summed E-state index contributed by atoms with van der Waals surface area (Å²) in [4.78, 5) is 22.1. The smallest absolute Gasteiger partial charge is 0.272 e. The van der Waals surface area contributed by atoms with Gasteiger partial charge in [-0.2, -0.15) is 0 Å². The molecule has 0 aliphatic heterocycles. The van der Waals surface area contributed by atoms with Crippen LogP contribution in [0.3, 0.4) is 0 Å². The fraction of sp³-hybridized carbons (Fsp3) is 0.500. The summed E-state index contributed by atoms with van der Waals surface area (Å²) < 4.78 is 13.8. The Morgan fingerprint density at radius 2 is 2.14 bits per heavy atom. The lowest BCUT2D eigenvalue weighted by atomic mass is 9.78. The predicted molar refractivity (Wildman–Crippen MR) is 76.2 cm³/mol. The molecule has 7 heteroatoms. The van der Waals surface area contributed by atoms with Gasteiger partial charge in [0.05, 0.1) is 16.7 Å². The number of benzene rings is 1. The van der Waals surface area contributed by atoms with Gasteiger partial charge < -0.3 is 11.1 Å². The minimum Gasteiger partial charge on any atom is -0.330 e. The maximum Gasteiger partial charge on any atom is 0.272 e. The van der Waals surface area contributed by atoms with Crippen LogP contribution in [0.15, 0.2) is 18.2 Å². The van der Waals surface area contributed by atoms with Gasteiger partial charge in [-0.3, -0.25) is 14.9 Å². The van der Waals surface area contributed by atoms with Crippen molar-refractivity contribution in [2.75, 3.05) is 11.9 Å². The molecular weight excluding hydrogens is 277 g/mol. The Kier molecular flexibility index (Phi) is 4.85. The van der Waals surface area contributed by atoms with Crippen molar-refractivity contribution >= 4 is 17.3 Å². The molecule has 6 nitrogen and oxygen atoms in total. The van der Waals surface area contributed by atoms with Crippen LogP contribution < -0.4 is 11.1 Å². The fourth-order valence-corrected chi connectivity index (χ4v) is 2.78. The molecular formula is C14H18FN3O3. The van der Waals surface area contributed by atoms with Crippen LogP contribution in [0.1, 0.15) is 25.7 Å². The van der Waals surface area contributed by atoms with Crippen LogP contribution in [0.2, 0.25) is 0 Å². The summed E-state index contributed by atoms with van der Waals surface area (Å²) in [5.74, 6) is -1.19. The molecule has 0 saturated heterocycles. The zero-order chi connectivity index (χ0) is 15.4. The number of anilines is 1. The molecule has 0 heterocycles. The largest absolute Gasteiger partial charge is 0.330 e. The third-order valence-electron chi connectivity index (χ3n) is 3.97. The molecule has 1 fully saturated rings. The number of nitrogens with zero attached hydrogens (tertiary/aromatic N) is 1. The molecule has 1 aliphatic carbocycles. The standard InChI is InChI=1S/C14H18FN3O3/c15-12-7-10(18(20)21)5-6-13(12)17-14(19)11-4-2-1-3-9(11)8-16/h5-7,9,11H,1-4,8,16H2,(H,17,19). The van der Waals surface area contributed by atoms with Gasteiger partial charge in [-0.15, -0.1) is 0 Å². The van der Waals surface area contributed by atoms with E-state index in [0.717, 1.165) is 31.7 Å². The summed E-state index contributed by atoms with van der Waals surface area (Å²) in [6.07, 6.45) is 3.65. The Morgan fingerprint density at radius 1 is 1.43 bits per heavy atom. The van der Waals surface area contributed by atoms with Crippen molar-refractivity contribution in [3.05, 3.63) is 34.1 Å². The van der Waals surface area contributed by atoms with Gasteiger partial charge in [-0.1, -0.05) is 12.8 Å². The first-order chi connectivity index (χ1) is 10.0. The number of amides is 1. The minimum atomic E-state index is -0.808. The van der Waals surface area contributed by atoms with E-state index in [1.165, 1.54) is 12.1 Å². The van der Waals surface area contributed by atoms with Crippen molar-refractivity contribution in [1.82, 2.24) is 0 Å². The lowest BCUT2D eigenvalue weighted by Gasteiger charge is -2.29. The van der Waals surface area contributed by atoms with E-state index in [4.69, 9.17) is 5.73 Å². The van der Waals surface area contributed by atoms with Gasteiger partial charge in [0.1, 0.15) is 0 Å². The van der Waals surface area contributed by atoms with Crippen molar-refractivity contribution < 1.29 is 14.1 Å². The Balaban J connectivity index is 2.10. The molecule has 2 unspecified atom stereocenters. The molecule has 3 N–H and O–H groups in total. The summed E-state index contributed by atoms with van der Waals surface area (Å²) in [6.45, 7) is 0.431. The molecule has 0 bridgehead atoms. The monoisotopic (exact) mass is 295 g/mol. The number of nitro groups is 1. The molecule has 114 valence electrons. The molecule has 2 rings (SSSR count). The van der Waals surface area contributed by atoms with Crippen molar-refractivity contribution in [1.29, 1.82) is 0 Å². The van der Waals surface area contributed by atoms with Crippen LogP contribution in [-0.2, 0) is 4.79 Å². The van der Waals surface area contributed by atoms with E-state index in [1.807, 2.05) is 0 Å². The van der Waals surface area contributed by atoms with Crippen molar-refractivity contribution in [2.24, 2.45) is 17.6 Å². The second-order valence-corrected chi connectivity index (χ2v) is 5.30. The topological polar surface area (TPSA) is 98.3 Å². The number of carbonyl (C=O) groups is 1. The van der Waals surface area contributed by atoms with Gasteiger partial charge in [0, 0.05) is 12.0 Å². The van der Waals surface area contributed by atoms with Gasteiger partial charge in [-0.25, -0.2) is 4.39 Å².